The van der Waals surface area contributed by atoms with Gasteiger partial charge in [-0.3, -0.25) is 29.8 Å². The molecule has 0 saturated carbocycles. The molecule has 6 fully saturated rings. The predicted octanol–water partition coefficient (Wildman–Crippen LogP) is -14.5. The standard InChI is InChI=1S/C41H72N3O36P/c1-2-10-18(49)24(55)30(61)38(72-10)79-34-27(58)19(50)11(3-45)73-40(34)68-5-13-21(52)25(56)29(60)36(75-13)67-6-14-23(54)33(32(63)37(76-14)69-8-16(47)43-44-17(48)9-70-42)78-41-35(28(59)20(51)12(4-46)74-41)80-39-31(62)26(57)22(53)15(77-39)7-71-81(64,65)66/h10-15,18-41,45-46,49-63H,2-9,42H2,1H3,(H,43,47)(H,44,48)(H2,64,65,66)/t10?,11?,12?,13?,14?,15?,18-,19-,20-,21-,22-,23-,24+,25+,26+,27+,28+,29?,30?,31?,32?,33+,34?,35?,36+,37-,38+,39-,40+,41+/m1/s1. The van der Waals surface area contributed by atoms with E-state index >= 15 is 0 Å². The lowest BCUT2D eigenvalue weighted by atomic mass is 9.96. The van der Waals surface area contributed by atoms with E-state index in [2.05, 4.69) is 9.36 Å². The van der Waals surface area contributed by atoms with Crippen LogP contribution in [-0.2, 0) is 80.4 Å². The minimum Gasteiger partial charge on any atom is -0.394 e. The minimum absolute atomic E-state index is 0.104. The summed E-state index contributed by atoms with van der Waals surface area (Å²) in [6, 6.07) is 0. The fourth-order valence-electron chi connectivity index (χ4n) is 9.17. The lowest BCUT2D eigenvalue weighted by molar-refractivity contribution is -0.390. The number of hydrazine groups is 1. The maximum atomic E-state index is 12.7. The van der Waals surface area contributed by atoms with E-state index in [9.17, 15) is 111 Å². The molecule has 0 spiro atoms. The van der Waals surface area contributed by atoms with Gasteiger partial charge in [-0.15, -0.1) is 0 Å². The first-order chi connectivity index (χ1) is 38.2. The van der Waals surface area contributed by atoms with Crippen molar-refractivity contribution in [2.24, 2.45) is 5.90 Å². The van der Waals surface area contributed by atoms with Crippen LogP contribution in [0.25, 0.3) is 0 Å². The van der Waals surface area contributed by atoms with Crippen LogP contribution >= 0.6 is 7.82 Å². The fourth-order valence-corrected chi connectivity index (χ4v) is 9.51. The third-order valence-corrected chi connectivity index (χ3v) is 14.2. The van der Waals surface area contributed by atoms with Crippen molar-refractivity contribution >= 4 is 19.6 Å². The van der Waals surface area contributed by atoms with E-state index in [0.29, 0.717) is 0 Å². The van der Waals surface area contributed by atoms with Crippen LogP contribution in [0.15, 0.2) is 0 Å². The van der Waals surface area contributed by atoms with Crippen molar-refractivity contribution in [3.63, 3.8) is 0 Å². The largest absolute Gasteiger partial charge is 0.469 e. The Labute approximate surface area is 456 Å². The van der Waals surface area contributed by atoms with Crippen molar-refractivity contribution in [2.75, 3.05) is 46.2 Å². The van der Waals surface area contributed by atoms with E-state index in [1.807, 2.05) is 10.9 Å². The number of ether oxygens (including phenoxy) is 12. The van der Waals surface area contributed by atoms with Crippen molar-refractivity contribution in [3.8, 4) is 0 Å². The maximum Gasteiger partial charge on any atom is 0.469 e. The molecule has 23 N–H and O–H groups in total. The lowest BCUT2D eigenvalue weighted by Gasteiger charge is -2.48. The van der Waals surface area contributed by atoms with Gasteiger partial charge in [0.2, 0.25) is 0 Å². The number of rotatable bonds is 23. The molecule has 81 heavy (non-hydrogen) atoms. The predicted molar refractivity (Wildman–Crippen MR) is 243 cm³/mol. The second-order valence-electron chi connectivity index (χ2n) is 19.4. The van der Waals surface area contributed by atoms with E-state index in [-0.39, 0.29) is 6.42 Å². The Morgan fingerprint density at radius 3 is 1.28 bits per heavy atom. The number of aliphatic hydroxyl groups excluding tert-OH is 17. The first kappa shape index (κ1) is 67.9. The SMILES string of the molecule is CCC1O[C@@H](OC2[C@@H](OCC3O[C@H](OCC4O[C@@H](OCC(=O)NNC(=O)CON)C(O)[C@@H](O[C@@H]5OC(CO)[C@@H](O)[C@H](O)C5O[C@H]5OC(COP(=O)(O)O)[C@@H](O)[C@H](O)C5O)[C@@H]4O)C(O)[C@@H](O)[C@@H]3O)OC(CO)[C@@H](O)[C@@H]2O)C(O)[C@@H](O)[C@@H]1O. The number of amides is 2. The zero-order valence-corrected chi connectivity index (χ0v) is 43.3. The monoisotopic (exact) mass is 1210 g/mol. The molecule has 0 aromatic heterocycles. The van der Waals surface area contributed by atoms with Gasteiger partial charge in [-0.05, 0) is 6.42 Å². The van der Waals surface area contributed by atoms with Gasteiger partial charge >= 0.3 is 7.82 Å². The summed E-state index contributed by atoms with van der Waals surface area (Å²) in [5, 5.41) is 184. The van der Waals surface area contributed by atoms with E-state index in [1.165, 1.54) is 0 Å². The first-order valence-electron chi connectivity index (χ1n) is 24.9. The van der Waals surface area contributed by atoms with Crippen molar-refractivity contribution < 1.29 is 177 Å². The fraction of sp³-hybridized carbons (Fsp3) is 0.951. The average molecular weight is 1210 g/mol. The van der Waals surface area contributed by atoms with Gasteiger partial charge in [-0.2, -0.15) is 0 Å². The number of aliphatic hydroxyl groups is 17. The van der Waals surface area contributed by atoms with Gasteiger partial charge in [0, 0.05) is 0 Å². The molecule has 39 nitrogen and oxygen atoms in total. The maximum absolute atomic E-state index is 12.7. The molecule has 472 valence electrons. The number of phosphoric acid groups is 1. The van der Waals surface area contributed by atoms with Gasteiger partial charge in [0.25, 0.3) is 11.8 Å². The zero-order chi connectivity index (χ0) is 59.9. The Morgan fingerprint density at radius 1 is 0.420 bits per heavy atom. The second kappa shape index (κ2) is 29.9. The van der Waals surface area contributed by atoms with Crippen molar-refractivity contribution in [1.82, 2.24) is 10.9 Å². The van der Waals surface area contributed by atoms with E-state index in [4.69, 9.17) is 62.7 Å². The summed E-state index contributed by atoms with van der Waals surface area (Å²) in [7, 11) is -5.23. The van der Waals surface area contributed by atoms with Crippen molar-refractivity contribution in [1.29, 1.82) is 0 Å². The molecular formula is C41H72N3O36P. The quantitative estimate of drug-likeness (QED) is 0.0334. The average Bonchev–Trinajstić information content (AvgIpc) is 3.57. The van der Waals surface area contributed by atoms with Gasteiger partial charge in [0.05, 0.1) is 39.1 Å². The topological polar surface area (TPSA) is 615 Å². The summed E-state index contributed by atoms with van der Waals surface area (Å²) in [5.74, 6) is 2.77. The summed E-state index contributed by atoms with van der Waals surface area (Å²) in [6.45, 7) is -5.20. The normalized spacial score (nSPS) is 46.2. The van der Waals surface area contributed by atoms with Crippen LogP contribution < -0.4 is 16.7 Å². The first-order valence-corrected chi connectivity index (χ1v) is 26.5. The molecule has 0 bridgehead atoms. The minimum atomic E-state index is -5.23. The van der Waals surface area contributed by atoms with E-state index in [1.54, 1.807) is 6.92 Å². The number of phosphoric ester groups is 1. The zero-order valence-electron chi connectivity index (χ0n) is 42.4. The van der Waals surface area contributed by atoms with E-state index < -0.39 is 250 Å². The van der Waals surface area contributed by atoms with Crippen LogP contribution in [0.2, 0.25) is 0 Å². The van der Waals surface area contributed by atoms with Gasteiger partial charge in [0.1, 0.15) is 154 Å². The lowest BCUT2D eigenvalue weighted by Crippen LogP contribution is -2.67. The summed E-state index contributed by atoms with van der Waals surface area (Å²) in [5.41, 5.74) is 3.83. The van der Waals surface area contributed by atoms with Gasteiger partial charge < -0.3 is 153 Å². The highest BCUT2D eigenvalue weighted by Gasteiger charge is 2.56. The molecule has 30 atom stereocenters. The Kier molecular flexibility index (Phi) is 25.1. The Balaban J connectivity index is 1.21. The Bertz CT molecular complexity index is 2010. The van der Waals surface area contributed by atoms with E-state index in [0.717, 1.165) is 0 Å². The molecule has 0 radical (unpaired) electrons. The number of nitrogens with one attached hydrogen (secondary N) is 2. The third-order valence-electron chi connectivity index (χ3n) is 13.8. The van der Waals surface area contributed by atoms with Crippen molar-refractivity contribution in [2.45, 2.75) is 198 Å². The van der Waals surface area contributed by atoms with Crippen LogP contribution in [-0.4, -0.2) is 339 Å². The molecule has 6 heterocycles. The molecule has 0 aliphatic carbocycles. The van der Waals surface area contributed by atoms with Gasteiger partial charge in [-0.25, -0.2) is 10.5 Å². The van der Waals surface area contributed by atoms with Crippen LogP contribution in [0.3, 0.4) is 0 Å². The summed E-state index contributed by atoms with van der Waals surface area (Å²) >= 11 is 0. The van der Waals surface area contributed by atoms with Gasteiger partial charge in [-0.1, -0.05) is 6.92 Å². The summed E-state index contributed by atoms with van der Waals surface area (Å²) in [4.78, 5) is 47.0. The van der Waals surface area contributed by atoms with Crippen LogP contribution in [0.5, 0.6) is 0 Å². The van der Waals surface area contributed by atoms with Crippen molar-refractivity contribution in [3.05, 3.63) is 0 Å². The molecule has 12 unspecified atom stereocenters. The smallest absolute Gasteiger partial charge is 0.394 e. The number of carbonyl (C=O) groups excluding carboxylic acids is 2. The number of hydrogen-bond donors (Lipinski definition) is 22. The number of carbonyl (C=O) groups is 2. The molecular weight excluding hydrogens is 1140 g/mol. The second-order valence-corrected chi connectivity index (χ2v) is 20.6. The molecule has 6 aliphatic rings. The highest BCUT2D eigenvalue weighted by molar-refractivity contribution is 7.46. The van der Waals surface area contributed by atoms with Crippen LogP contribution in [0, 0.1) is 0 Å². The highest BCUT2D eigenvalue weighted by atomic mass is 31.2. The molecule has 2 amide bonds. The number of nitrogens with two attached hydrogens (primary N) is 1. The third kappa shape index (κ3) is 16.5. The Morgan fingerprint density at radius 2 is 0.790 bits per heavy atom. The van der Waals surface area contributed by atoms with Crippen LogP contribution in [0.1, 0.15) is 13.3 Å². The molecule has 6 aliphatic heterocycles. The Hall–Kier alpha value is -2.19. The molecule has 6 saturated heterocycles. The summed E-state index contributed by atoms with van der Waals surface area (Å²) in [6.07, 6.45) is -59.1. The van der Waals surface area contributed by atoms with Crippen LogP contribution in [0.4, 0.5) is 0 Å². The summed E-state index contributed by atoms with van der Waals surface area (Å²) < 4.78 is 83.6. The molecule has 6 rings (SSSR count). The molecule has 40 heteroatoms. The number of hydrogen-bond acceptors (Lipinski definition) is 35. The molecule has 0 aromatic rings. The highest BCUT2D eigenvalue weighted by Crippen LogP contribution is 2.39. The molecule has 0 aromatic carbocycles. The van der Waals surface area contributed by atoms with Gasteiger partial charge in [0.15, 0.2) is 37.7 Å².